The number of carbonyl (C=O) groups is 1. The molecule has 0 aromatic carbocycles. The number of aromatic nitrogens is 3. The minimum Gasteiger partial charge on any atom is -0.338 e. The number of rotatable bonds is 6. The summed E-state index contributed by atoms with van der Waals surface area (Å²) in [7, 11) is 0. The van der Waals surface area contributed by atoms with Gasteiger partial charge in [0.05, 0.1) is 0 Å². The van der Waals surface area contributed by atoms with Crippen LogP contribution in [0.15, 0.2) is 36.9 Å². The summed E-state index contributed by atoms with van der Waals surface area (Å²) in [5.41, 5.74) is 1.31. The molecule has 27 heavy (non-hydrogen) atoms. The van der Waals surface area contributed by atoms with Gasteiger partial charge in [-0.2, -0.15) is 0 Å². The van der Waals surface area contributed by atoms with Crippen molar-refractivity contribution < 1.29 is 4.79 Å². The number of piperidine rings is 1. The molecule has 2 aromatic rings. The first-order valence-electron chi connectivity index (χ1n) is 10.1. The Bertz CT molecular complexity index is 759. The summed E-state index contributed by atoms with van der Waals surface area (Å²) in [5.74, 6) is 1.95. The minimum absolute atomic E-state index is 0.327. The van der Waals surface area contributed by atoms with Crippen LogP contribution in [-0.4, -0.2) is 55.9 Å². The van der Waals surface area contributed by atoms with E-state index in [-0.39, 0.29) is 0 Å². The lowest BCUT2D eigenvalue weighted by molar-refractivity contribution is -0.135. The van der Waals surface area contributed by atoms with Crippen LogP contribution in [-0.2, 0) is 17.9 Å². The Hall–Kier alpha value is -2.21. The lowest BCUT2D eigenvalue weighted by Crippen LogP contribution is -2.47. The molecule has 0 unspecified atom stereocenters. The highest BCUT2D eigenvalue weighted by atomic mass is 16.2. The van der Waals surface area contributed by atoms with Crippen molar-refractivity contribution >= 4 is 5.91 Å². The molecule has 0 radical (unpaired) electrons. The van der Waals surface area contributed by atoms with E-state index in [4.69, 9.17) is 0 Å². The third kappa shape index (κ3) is 4.38. The van der Waals surface area contributed by atoms with Gasteiger partial charge in [-0.15, -0.1) is 0 Å². The number of pyridine rings is 1. The fraction of sp³-hybridized carbons (Fsp3) is 0.571. The quantitative estimate of drug-likeness (QED) is 0.787. The number of fused-ring (bicyclic) bond motifs is 4. The van der Waals surface area contributed by atoms with E-state index < -0.39 is 0 Å². The Balaban J connectivity index is 1.33. The van der Waals surface area contributed by atoms with Crippen LogP contribution in [0.2, 0.25) is 0 Å². The maximum atomic E-state index is 12.9. The van der Waals surface area contributed by atoms with Crippen molar-refractivity contribution in [1.29, 1.82) is 0 Å². The van der Waals surface area contributed by atoms with E-state index in [0.717, 1.165) is 51.4 Å². The van der Waals surface area contributed by atoms with E-state index in [2.05, 4.69) is 36.5 Å². The molecule has 3 fully saturated rings. The van der Waals surface area contributed by atoms with Gasteiger partial charge in [0.2, 0.25) is 5.91 Å². The summed E-state index contributed by atoms with van der Waals surface area (Å²) in [6.45, 7) is 6.85. The topological polar surface area (TPSA) is 54.3 Å². The fourth-order valence-electron chi connectivity index (χ4n) is 4.54. The molecule has 3 aliphatic heterocycles. The van der Waals surface area contributed by atoms with Gasteiger partial charge >= 0.3 is 0 Å². The monoisotopic (exact) mass is 367 g/mol. The van der Waals surface area contributed by atoms with Crippen molar-refractivity contribution in [2.75, 3.05) is 19.6 Å². The van der Waals surface area contributed by atoms with Crippen LogP contribution < -0.4 is 0 Å². The van der Waals surface area contributed by atoms with E-state index in [9.17, 15) is 4.79 Å². The van der Waals surface area contributed by atoms with Crippen LogP contribution >= 0.6 is 0 Å². The first-order chi connectivity index (χ1) is 13.2. The maximum Gasteiger partial charge on any atom is 0.222 e. The second kappa shape index (κ2) is 8.21. The number of hydrogen-bond acceptors (Lipinski definition) is 4. The van der Waals surface area contributed by atoms with Gasteiger partial charge < -0.3 is 9.47 Å². The van der Waals surface area contributed by atoms with E-state index in [1.54, 1.807) is 0 Å². The van der Waals surface area contributed by atoms with Crippen molar-refractivity contribution in [2.45, 2.75) is 51.7 Å². The predicted molar refractivity (Wildman–Crippen MR) is 104 cm³/mol. The van der Waals surface area contributed by atoms with Gasteiger partial charge in [-0.3, -0.25) is 14.7 Å². The van der Waals surface area contributed by atoms with Crippen molar-refractivity contribution in [1.82, 2.24) is 24.3 Å². The first kappa shape index (κ1) is 18.2. The fourth-order valence-corrected chi connectivity index (χ4v) is 4.54. The average Bonchev–Trinajstić information content (AvgIpc) is 2.89. The number of amides is 1. The molecule has 1 amide bonds. The van der Waals surface area contributed by atoms with Gasteiger partial charge in [-0.1, -0.05) is 0 Å². The molecule has 0 spiro atoms. The zero-order valence-electron chi connectivity index (χ0n) is 16.1. The molecule has 2 aromatic heterocycles. The Morgan fingerprint density at radius 3 is 2.78 bits per heavy atom. The molecule has 2 bridgehead atoms. The molecule has 0 N–H and O–H groups in total. The minimum atomic E-state index is 0.327. The lowest BCUT2D eigenvalue weighted by Gasteiger charge is -2.36. The summed E-state index contributed by atoms with van der Waals surface area (Å²) in [4.78, 5) is 26.0. The molecule has 0 aliphatic carbocycles. The molecule has 6 heteroatoms. The van der Waals surface area contributed by atoms with Crippen LogP contribution in [0.4, 0.5) is 0 Å². The Morgan fingerprint density at radius 1 is 1.15 bits per heavy atom. The van der Waals surface area contributed by atoms with E-state index in [1.807, 2.05) is 31.7 Å². The highest BCUT2D eigenvalue weighted by Crippen LogP contribution is 2.29. The van der Waals surface area contributed by atoms with Crippen LogP contribution in [0.25, 0.3) is 0 Å². The summed E-state index contributed by atoms with van der Waals surface area (Å²) in [6.07, 6.45) is 11.4. The Morgan fingerprint density at radius 2 is 2.00 bits per heavy atom. The molecule has 0 saturated carbocycles. The third-order valence-electron chi connectivity index (χ3n) is 5.98. The van der Waals surface area contributed by atoms with Gasteiger partial charge in [-0.25, -0.2) is 4.98 Å². The molecule has 144 valence electrons. The second-order valence-electron chi connectivity index (χ2n) is 7.96. The average molecular weight is 367 g/mol. The molecule has 5 heterocycles. The van der Waals surface area contributed by atoms with E-state index in [0.29, 0.717) is 24.3 Å². The Kier molecular flexibility index (Phi) is 5.53. The number of aryl methyl sites for hydroxylation is 2. The second-order valence-corrected chi connectivity index (χ2v) is 7.96. The molecule has 3 saturated heterocycles. The summed E-state index contributed by atoms with van der Waals surface area (Å²) in [6, 6.07) is 4.55. The van der Waals surface area contributed by atoms with Crippen LogP contribution in [0.5, 0.6) is 0 Å². The third-order valence-corrected chi connectivity index (χ3v) is 5.98. The van der Waals surface area contributed by atoms with Gasteiger partial charge in [0, 0.05) is 70.0 Å². The van der Waals surface area contributed by atoms with Crippen molar-refractivity contribution in [2.24, 2.45) is 5.92 Å². The number of hydrogen-bond donors (Lipinski definition) is 0. The molecule has 5 rings (SSSR count). The van der Waals surface area contributed by atoms with Gasteiger partial charge in [-0.05, 0) is 49.8 Å². The molecule has 2 atom stereocenters. The molecular weight excluding hydrogens is 338 g/mol. The first-order valence-corrected chi connectivity index (χ1v) is 10.1. The standard InChI is InChI=1S/C21H29N5O/c1-17-23-10-12-25(17)11-2-3-21(27)26-15-19-4-5-20(26)16-24(14-19)13-18-6-8-22-9-7-18/h6-10,12,19-20H,2-5,11,13-16H2,1H3/t19-,20+/m0/s1. The van der Waals surface area contributed by atoms with Crippen molar-refractivity contribution in [3.8, 4) is 0 Å². The van der Waals surface area contributed by atoms with Crippen LogP contribution in [0, 0.1) is 12.8 Å². The van der Waals surface area contributed by atoms with E-state index >= 15 is 0 Å². The summed E-state index contributed by atoms with van der Waals surface area (Å²) < 4.78 is 2.12. The van der Waals surface area contributed by atoms with Crippen LogP contribution in [0.3, 0.4) is 0 Å². The number of imidazole rings is 1. The number of carbonyl (C=O) groups excluding carboxylic acids is 1. The van der Waals surface area contributed by atoms with Crippen molar-refractivity contribution in [3.63, 3.8) is 0 Å². The number of nitrogens with zero attached hydrogens (tertiary/aromatic N) is 5. The zero-order chi connectivity index (χ0) is 18.6. The smallest absolute Gasteiger partial charge is 0.222 e. The van der Waals surface area contributed by atoms with Crippen LogP contribution in [0.1, 0.15) is 37.1 Å². The normalized spacial score (nSPS) is 22.8. The van der Waals surface area contributed by atoms with Gasteiger partial charge in [0.15, 0.2) is 0 Å². The zero-order valence-corrected chi connectivity index (χ0v) is 16.1. The highest BCUT2D eigenvalue weighted by Gasteiger charge is 2.36. The van der Waals surface area contributed by atoms with Gasteiger partial charge in [0.25, 0.3) is 0 Å². The van der Waals surface area contributed by atoms with E-state index in [1.165, 1.54) is 12.0 Å². The summed E-state index contributed by atoms with van der Waals surface area (Å²) >= 11 is 0. The molecule has 6 nitrogen and oxygen atoms in total. The van der Waals surface area contributed by atoms with Gasteiger partial charge in [0.1, 0.15) is 5.82 Å². The SMILES string of the molecule is Cc1nccn1CCCC(=O)N1C[C@H]2CC[C@@H]1CN(Cc1ccncc1)C2. The largest absolute Gasteiger partial charge is 0.338 e. The highest BCUT2D eigenvalue weighted by molar-refractivity contribution is 5.76. The predicted octanol–water partition coefficient (Wildman–Crippen LogP) is 2.49. The molecule has 3 aliphatic rings. The molecular formula is C21H29N5O. The van der Waals surface area contributed by atoms with Crippen molar-refractivity contribution in [3.05, 3.63) is 48.3 Å². The maximum absolute atomic E-state index is 12.9. The Labute approximate surface area is 161 Å². The summed E-state index contributed by atoms with van der Waals surface area (Å²) in [5, 5.41) is 0. The lowest BCUT2D eigenvalue weighted by atomic mass is 9.94.